The molecule has 0 aromatic carbocycles. The van der Waals surface area contributed by atoms with Gasteiger partial charge in [-0.3, -0.25) is 0 Å². The maximum atomic E-state index is 2.22. The summed E-state index contributed by atoms with van der Waals surface area (Å²) in [5.74, 6) is 0. The minimum Gasteiger partial charge on any atom is -1.00 e. The molecule has 0 unspecified atom stereocenters. The van der Waals surface area contributed by atoms with E-state index in [2.05, 4.69) is 24.0 Å². The largest absolute Gasteiger partial charge is 1.00 e. The standard InChI is InChI=1S/C5H6Se.Li.H/c1-5-3-2-4-6-5;;/h2-4H,1H3;;/q;+1;-1. The molecule has 0 aliphatic carbocycles. The Morgan fingerprint density at radius 1 is 1.71 bits per heavy atom. The van der Waals surface area contributed by atoms with Gasteiger partial charge in [0.05, 0.1) is 0 Å². The van der Waals surface area contributed by atoms with Gasteiger partial charge in [0.1, 0.15) is 0 Å². The van der Waals surface area contributed by atoms with Crippen molar-refractivity contribution >= 4 is 14.5 Å². The predicted octanol–water partition coefficient (Wildman–Crippen LogP) is -1.83. The minimum absolute atomic E-state index is 0. The van der Waals surface area contributed by atoms with Crippen LogP contribution in [0.4, 0.5) is 0 Å². The van der Waals surface area contributed by atoms with E-state index in [-0.39, 0.29) is 20.3 Å². The van der Waals surface area contributed by atoms with Crippen molar-refractivity contribution in [2.45, 2.75) is 6.92 Å². The van der Waals surface area contributed by atoms with E-state index in [1.54, 1.807) is 0 Å². The van der Waals surface area contributed by atoms with E-state index in [0.29, 0.717) is 14.5 Å². The SMILES string of the molecule is Cc1ccc[se]1.[H-].[Li+]. The summed E-state index contributed by atoms with van der Waals surface area (Å²) in [6.07, 6.45) is 0. The Hall–Kier alpha value is 0.597. The van der Waals surface area contributed by atoms with Gasteiger partial charge >= 0.3 is 61.8 Å². The fourth-order valence-corrected chi connectivity index (χ4v) is 1.47. The third-order valence-electron chi connectivity index (χ3n) is 0.663. The molecule has 0 N–H and O–H groups in total. The van der Waals surface area contributed by atoms with Gasteiger partial charge in [0.25, 0.3) is 0 Å². The van der Waals surface area contributed by atoms with Crippen molar-refractivity contribution in [1.82, 2.24) is 0 Å². The van der Waals surface area contributed by atoms with Crippen LogP contribution in [0.5, 0.6) is 0 Å². The van der Waals surface area contributed by atoms with Crippen LogP contribution in [0.3, 0.4) is 0 Å². The number of rotatable bonds is 0. The second kappa shape index (κ2) is 3.58. The molecule has 1 heterocycles. The van der Waals surface area contributed by atoms with Crippen LogP contribution in [0.2, 0.25) is 0 Å². The van der Waals surface area contributed by atoms with E-state index in [9.17, 15) is 0 Å². The Balaban J connectivity index is 0. The summed E-state index contributed by atoms with van der Waals surface area (Å²) < 4.78 is 1.53. The first kappa shape index (κ1) is 7.60. The van der Waals surface area contributed by atoms with Crippen LogP contribution in [0.1, 0.15) is 5.86 Å². The Labute approximate surface area is 63.3 Å². The summed E-state index contributed by atoms with van der Waals surface area (Å²) in [5, 5.41) is 0. The zero-order valence-electron chi connectivity index (χ0n) is 5.64. The summed E-state index contributed by atoms with van der Waals surface area (Å²) >= 11 is 0.708. The summed E-state index contributed by atoms with van der Waals surface area (Å²) in [7, 11) is 0. The first-order chi connectivity index (χ1) is 2.89. The van der Waals surface area contributed by atoms with Crippen molar-refractivity contribution in [2.75, 3.05) is 0 Å². The Morgan fingerprint density at radius 2 is 2.43 bits per heavy atom. The molecule has 2 heteroatoms. The molecule has 0 saturated heterocycles. The van der Waals surface area contributed by atoms with Gasteiger partial charge < -0.3 is 1.43 Å². The van der Waals surface area contributed by atoms with Crippen molar-refractivity contribution in [3.05, 3.63) is 21.5 Å². The molecule has 0 saturated carbocycles. The van der Waals surface area contributed by atoms with Crippen LogP contribution in [0.25, 0.3) is 0 Å². The van der Waals surface area contributed by atoms with E-state index >= 15 is 0 Å². The smallest absolute Gasteiger partial charge is 1.00 e. The molecule has 0 spiro atoms. The van der Waals surface area contributed by atoms with E-state index in [0.717, 1.165) is 0 Å². The molecule has 0 aliphatic rings. The van der Waals surface area contributed by atoms with Crippen molar-refractivity contribution in [3.63, 3.8) is 0 Å². The van der Waals surface area contributed by atoms with Crippen LogP contribution >= 0.6 is 0 Å². The second-order valence-corrected chi connectivity index (χ2v) is 3.64. The van der Waals surface area contributed by atoms with Crippen LogP contribution in [0, 0.1) is 6.92 Å². The van der Waals surface area contributed by atoms with Gasteiger partial charge in [0.15, 0.2) is 0 Å². The topological polar surface area (TPSA) is 0 Å². The molecule has 1 aromatic rings. The average Bonchev–Trinajstić information content (AvgIpc) is 1.86. The van der Waals surface area contributed by atoms with E-state index in [1.807, 2.05) is 0 Å². The third kappa shape index (κ3) is 2.42. The molecular weight excluding hydrogens is 146 g/mol. The molecule has 1 aromatic heterocycles. The summed E-state index contributed by atoms with van der Waals surface area (Å²) in [5.41, 5.74) is 0. The zero-order chi connectivity index (χ0) is 4.41. The van der Waals surface area contributed by atoms with E-state index in [4.69, 9.17) is 0 Å². The molecular formula is C5H7LiSe. The first-order valence-corrected chi connectivity index (χ1v) is 3.74. The van der Waals surface area contributed by atoms with Crippen molar-refractivity contribution in [2.24, 2.45) is 0 Å². The fourth-order valence-electron chi connectivity index (χ4n) is 0.361. The molecule has 1 rings (SSSR count). The minimum atomic E-state index is 0. The van der Waals surface area contributed by atoms with Gasteiger partial charge in [-0.25, -0.2) is 0 Å². The molecule has 0 fully saturated rings. The fraction of sp³-hybridized carbons (Fsp3) is 0.200. The predicted molar refractivity (Wildman–Crippen MR) is 29.2 cm³/mol. The third-order valence-corrected chi connectivity index (χ3v) is 2.34. The second-order valence-electron chi connectivity index (χ2n) is 1.22. The summed E-state index contributed by atoms with van der Waals surface area (Å²) in [4.78, 5) is 2.22. The Bertz CT molecular complexity index is 116. The van der Waals surface area contributed by atoms with Crippen molar-refractivity contribution in [3.8, 4) is 0 Å². The molecule has 0 amide bonds. The van der Waals surface area contributed by atoms with Crippen molar-refractivity contribution in [1.29, 1.82) is 0 Å². The monoisotopic (exact) mass is 154 g/mol. The number of hydrogen-bond donors (Lipinski definition) is 0. The number of hydrogen-bond acceptors (Lipinski definition) is 0. The zero-order valence-corrected chi connectivity index (χ0v) is 6.35. The Kier molecular flexibility index (Phi) is 3.89. The van der Waals surface area contributed by atoms with Crippen LogP contribution in [-0.2, 0) is 0 Å². The van der Waals surface area contributed by atoms with Gasteiger partial charge in [-0.15, -0.1) is 0 Å². The first-order valence-electron chi connectivity index (χ1n) is 1.90. The van der Waals surface area contributed by atoms with Gasteiger partial charge in [0.2, 0.25) is 0 Å². The van der Waals surface area contributed by atoms with Gasteiger partial charge in [-0.2, -0.15) is 0 Å². The average molecular weight is 153 g/mol. The van der Waals surface area contributed by atoms with Gasteiger partial charge in [-0.1, -0.05) is 0 Å². The van der Waals surface area contributed by atoms with Gasteiger partial charge in [-0.05, 0) is 0 Å². The van der Waals surface area contributed by atoms with Crippen LogP contribution in [0.15, 0.2) is 17.1 Å². The summed E-state index contributed by atoms with van der Waals surface area (Å²) in [6, 6.07) is 4.29. The molecule has 34 valence electrons. The van der Waals surface area contributed by atoms with E-state index in [1.165, 1.54) is 4.44 Å². The normalized spacial score (nSPS) is 7.57. The molecule has 0 atom stereocenters. The molecule has 0 bridgehead atoms. The van der Waals surface area contributed by atoms with Crippen LogP contribution < -0.4 is 18.9 Å². The molecule has 7 heavy (non-hydrogen) atoms. The molecule has 0 aliphatic heterocycles. The quantitative estimate of drug-likeness (QED) is 0.384. The molecule has 0 radical (unpaired) electrons. The van der Waals surface area contributed by atoms with Gasteiger partial charge in [0, 0.05) is 0 Å². The maximum Gasteiger partial charge on any atom is 1.00 e. The number of aryl methyl sites for hydroxylation is 1. The summed E-state index contributed by atoms with van der Waals surface area (Å²) in [6.45, 7) is 2.17. The maximum absolute atomic E-state index is 2.22. The van der Waals surface area contributed by atoms with E-state index < -0.39 is 0 Å². The van der Waals surface area contributed by atoms with Crippen molar-refractivity contribution < 1.29 is 20.3 Å². The Morgan fingerprint density at radius 3 is 2.57 bits per heavy atom. The van der Waals surface area contributed by atoms with Crippen LogP contribution in [-0.4, -0.2) is 14.5 Å². The molecule has 0 nitrogen and oxygen atoms in total.